The lowest BCUT2D eigenvalue weighted by molar-refractivity contribution is 0.262. The Labute approximate surface area is 174 Å². The molecule has 3 aromatic carbocycles. The molecular formula is C23H21N5O2. The first kappa shape index (κ1) is 19.2. The van der Waals surface area contributed by atoms with E-state index in [2.05, 4.69) is 25.9 Å². The van der Waals surface area contributed by atoms with E-state index in [0.29, 0.717) is 17.2 Å². The number of aryl methyl sites for hydroxylation is 1. The predicted octanol–water partition coefficient (Wildman–Crippen LogP) is 5.33. The molecule has 0 aliphatic heterocycles. The van der Waals surface area contributed by atoms with Gasteiger partial charge in [0.2, 0.25) is 0 Å². The average Bonchev–Trinajstić information content (AvgIpc) is 2.76. The van der Waals surface area contributed by atoms with Gasteiger partial charge in [-0.25, -0.2) is 14.8 Å². The molecule has 1 aromatic heterocycles. The third-order valence-corrected chi connectivity index (χ3v) is 4.56. The third kappa shape index (κ3) is 4.47. The highest BCUT2D eigenvalue weighted by Crippen LogP contribution is 2.25. The van der Waals surface area contributed by atoms with Crippen LogP contribution in [0.1, 0.15) is 5.56 Å². The Morgan fingerprint density at radius 1 is 0.833 bits per heavy atom. The van der Waals surface area contributed by atoms with Crippen LogP contribution in [0, 0.1) is 6.92 Å². The quantitative estimate of drug-likeness (QED) is 0.422. The molecule has 0 radical (unpaired) electrons. The summed E-state index contributed by atoms with van der Waals surface area (Å²) >= 11 is 0. The topological polar surface area (TPSA) is 88.2 Å². The second kappa shape index (κ2) is 8.48. The second-order valence-electron chi connectivity index (χ2n) is 6.75. The standard InChI is InChI=1S/C23H21N5O2/c1-15-3-5-16(6-4-15)26-22-20-12-9-18(13-21(20)24-14-25-22)28-23(29)27-17-7-10-19(30-2)11-8-17/h3-14H,1-2H3,(H,24,25,26)(H2,27,28,29). The second-order valence-corrected chi connectivity index (χ2v) is 6.75. The van der Waals surface area contributed by atoms with Crippen LogP contribution >= 0.6 is 0 Å². The number of hydrogen-bond donors (Lipinski definition) is 3. The van der Waals surface area contributed by atoms with Gasteiger partial charge in [-0.05, 0) is 61.5 Å². The van der Waals surface area contributed by atoms with Crippen molar-refractivity contribution in [1.29, 1.82) is 0 Å². The molecule has 4 aromatic rings. The van der Waals surface area contributed by atoms with E-state index in [1.54, 1.807) is 31.4 Å². The van der Waals surface area contributed by atoms with Gasteiger partial charge in [0, 0.05) is 22.4 Å². The number of carbonyl (C=O) groups excluding carboxylic acids is 1. The summed E-state index contributed by atoms with van der Waals surface area (Å²) < 4.78 is 5.12. The van der Waals surface area contributed by atoms with Gasteiger partial charge in [0.05, 0.1) is 12.6 Å². The van der Waals surface area contributed by atoms with Crippen molar-refractivity contribution in [3.63, 3.8) is 0 Å². The van der Waals surface area contributed by atoms with Gasteiger partial charge in [-0.2, -0.15) is 0 Å². The molecule has 0 spiro atoms. The molecule has 0 saturated carbocycles. The Balaban J connectivity index is 1.49. The van der Waals surface area contributed by atoms with E-state index >= 15 is 0 Å². The van der Waals surface area contributed by atoms with Gasteiger partial charge in [0.1, 0.15) is 17.9 Å². The predicted molar refractivity (Wildman–Crippen MR) is 120 cm³/mol. The van der Waals surface area contributed by atoms with E-state index in [1.807, 2.05) is 49.4 Å². The molecule has 4 rings (SSSR count). The Morgan fingerprint density at radius 2 is 1.50 bits per heavy atom. The van der Waals surface area contributed by atoms with Gasteiger partial charge in [-0.1, -0.05) is 17.7 Å². The SMILES string of the molecule is COc1ccc(NC(=O)Nc2ccc3c(Nc4ccc(C)cc4)ncnc3c2)cc1. The smallest absolute Gasteiger partial charge is 0.323 e. The first-order valence-corrected chi connectivity index (χ1v) is 9.41. The maximum Gasteiger partial charge on any atom is 0.323 e. The van der Waals surface area contributed by atoms with Crippen molar-refractivity contribution < 1.29 is 9.53 Å². The number of nitrogens with zero attached hydrogens (tertiary/aromatic N) is 2. The van der Waals surface area contributed by atoms with Gasteiger partial charge in [-0.3, -0.25) is 0 Å². The third-order valence-electron chi connectivity index (χ3n) is 4.56. The summed E-state index contributed by atoms with van der Waals surface area (Å²) in [6, 6.07) is 20.4. The summed E-state index contributed by atoms with van der Waals surface area (Å²) in [5, 5.41) is 9.79. The van der Waals surface area contributed by atoms with Crippen molar-refractivity contribution in [2.75, 3.05) is 23.1 Å². The minimum Gasteiger partial charge on any atom is -0.497 e. The van der Waals surface area contributed by atoms with E-state index in [-0.39, 0.29) is 6.03 Å². The number of benzene rings is 3. The highest BCUT2D eigenvalue weighted by molar-refractivity contribution is 6.01. The summed E-state index contributed by atoms with van der Waals surface area (Å²) in [4.78, 5) is 21.0. The van der Waals surface area contributed by atoms with Gasteiger partial charge in [0.25, 0.3) is 0 Å². The van der Waals surface area contributed by atoms with Crippen molar-refractivity contribution in [2.24, 2.45) is 0 Å². The summed E-state index contributed by atoms with van der Waals surface area (Å²) in [6.07, 6.45) is 1.50. The number of carbonyl (C=O) groups is 1. The number of anilines is 4. The fourth-order valence-corrected chi connectivity index (χ4v) is 2.98. The van der Waals surface area contributed by atoms with Crippen molar-refractivity contribution in [1.82, 2.24) is 9.97 Å². The summed E-state index contributed by atoms with van der Waals surface area (Å²) in [5.41, 5.74) is 4.16. The van der Waals surface area contributed by atoms with Crippen LogP contribution in [0.2, 0.25) is 0 Å². The van der Waals surface area contributed by atoms with Crippen LogP contribution in [0.3, 0.4) is 0 Å². The van der Waals surface area contributed by atoms with Crippen LogP contribution in [-0.4, -0.2) is 23.1 Å². The van der Waals surface area contributed by atoms with Crippen LogP contribution < -0.4 is 20.7 Å². The van der Waals surface area contributed by atoms with Gasteiger partial charge in [0.15, 0.2) is 0 Å². The Morgan fingerprint density at radius 3 is 2.23 bits per heavy atom. The monoisotopic (exact) mass is 399 g/mol. The number of fused-ring (bicyclic) bond motifs is 1. The van der Waals surface area contributed by atoms with Gasteiger partial charge < -0.3 is 20.7 Å². The van der Waals surface area contributed by atoms with Crippen LogP contribution in [0.4, 0.5) is 27.7 Å². The zero-order valence-electron chi connectivity index (χ0n) is 16.6. The number of hydrogen-bond acceptors (Lipinski definition) is 5. The van der Waals surface area contributed by atoms with E-state index in [1.165, 1.54) is 11.9 Å². The lowest BCUT2D eigenvalue weighted by atomic mass is 10.2. The first-order valence-electron chi connectivity index (χ1n) is 9.41. The Hall–Kier alpha value is -4.13. The maximum atomic E-state index is 12.3. The first-order chi connectivity index (χ1) is 14.6. The minimum absolute atomic E-state index is 0.341. The number of ether oxygens (including phenoxy) is 1. The largest absolute Gasteiger partial charge is 0.497 e. The number of nitrogens with one attached hydrogen (secondary N) is 3. The molecule has 0 unspecified atom stereocenters. The fraction of sp³-hybridized carbons (Fsp3) is 0.0870. The number of methoxy groups -OCH3 is 1. The van der Waals surface area contributed by atoms with E-state index < -0.39 is 0 Å². The van der Waals surface area contributed by atoms with Crippen molar-refractivity contribution in [3.8, 4) is 5.75 Å². The van der Waals surface area contributed by atoms with Crippen LogP contribution in [0.15, 0.2) is 73.1 Å². The van der Waals surface area contributed by atoms with E-state index in [4.69, 9.17) is 4.74 Å². The van der Waals surface area contributed by atoms with E-state index in [0.717, 1.165) is 22.3 Å². The van der Waals surface area contributed by atoms with Gasteiger partial charge >= 0.3 is 6.03 Å². The Kier molecular flexibility index (Phi) is 5.43. The van der Waals surface area contributed by atoms with E-state index in [9.17, 15) is 4.79 Å². The molecule has 0 saturated heterocycles. The molecule has 2 amide bonds. The average molecular weight is 399 g/mol. The normalized spacial score (nSPS) is 10.5. The maximum absolute atomic E-state index is 12.3. The van der Waals surface area contributed by atoms with Crippen molar-refractivity contribution in [3.05, 3.63) is 78.6 Å². The lowest BCUT2D eigenvalue weighted by Gasteiger charge is -2.11. The lowest BCUT2D eigenvalue weighted by Crippen LogP contribution is -2.19. The number of rotatable bonds is 5. The minimum atomic E-state index is -0.341. The molecule has 3 N–H and O–H groups in total. The number of aromatic nitrogens is 2. The Bertz CT molecular complexity index is 1170. The zero-order chi connectivity index (χ0) is 20.9. The number of urea groups is 1. The molecule has 150 valence electrons. The molecule has 0 bridgehead atoms. The summed E-state index contributed by atoms with van der Waals surface area (Å²) in [6.45, 7) is 2.04. The molecule has 7 heteroatoms. The molecule has 0 atom stereocenters. The molecular weight excluding hydrogens is 378 g/mol. The molecule has 7 nitrogen and oxygen atoms in total. The van der Waals surface area contributed by atoms with Crippen LogP contribution in [-0.2, 0) is 0 Å². The van der Waals surface area contributed by atoms with Gasteiger partial charge in [-0.15, -0.1) is 0 Å². The van der Waals surface area contributed by atoms with Crippen molar-refractivity contribution in [2.45, 2.75) is 6.92 Å². The van der Waals surface area contributed by atoms with Crippen LogP contribution in [0.25, 0.3) is 10.9 Å². The zero-order valence-corrected chi connectivity index (χ0v) is 16.6. The van der Waals surface area contributed by atoms with Crippen molar-refractivity contribution >= 4 is 39.8 Å². The molecule has 30 heavy (non-hydrogen) atoms. The fourth-order valence-electron chi connectivity index (χ4n) is 2.98. The molecule has 1 heterocycles. The van der Waals surface area contributed by atoms with Crippen LogP contribution in [0.5, 0.6) is 5.75 Å². The molecule has 0 aliphatic carbocycles. The highest BCUT2D eigenvalue weighted by Gasteiger charge is 2.08. The molecule has 0 aliphatic rings. The molecule has 0 fully saturated rings. The number of amides is 2. The highest BCUT2D eigenvalue weighted by atomic mass is 16.5. The summed E-state index contributed by atoms with van der Waals surface area (Å²) in [7, 11) is 1.60. The summed E-state index contributed by atoms with van der Waals surface area (Å²) in [5.74, 6) is 1.43.